The minimum atomic E-state index is -0.547. The van der Waals surface area contributed by atoms with Gasteiger partial charge in [0.05, 0.1) is 16.6 Å². The number of aromatic nitrogens is 3. The van der Waals surface area contributed by atoms with E-state index in [0.717, 1.165) is 5.56 Å². The molecule has 0 bridgehead atoms. The predicted molar refractivity (Wildman–Crippen MR) is 113 cm³/mol. The number of nitrogens with zero attached hydrogens (tertiary/aromatic N) is 3. The van der Waals surface area contributed by atoms with Gasteiger partial charge in [-0.15, -0.1) is 0 Å². The van der Waals surface area contributed by atoms with Crippen LogP contribution in [0.1, 0.15) is 16.1 Å². The van der Waals surface area contributed by atoms with E-state index in [1.54, 1.807) is 23.0 Å². The van der Waals surface area contributed by atoms with Gasteiger partial charge in [0.2, 0.25) is 0 Å². The predicted octanol–water partition coefficient (Wildman–Crippen LogP) is 5.94. The molecule has 2 aromatic carbocycles. The molecule has 0 spiro atoms. The Balaban J connectivity index is 1.47. The number of anilines is 1. The lowest BCUT2D eigenvalue weighted by Gasteiger charge is -2.03. The lowest BCUT2D eigenvalue weighted by atomic mass is 10.1. The molecule has 1 amide bonds. The van der Waals surface area contributed by atoms with Gasteiger partial charge in [0.15, 0.2) is 17.3 Å². The van der Waals surface area contributed by atoms with E-state index in [2.05, 4.69) is 15.6 Å². The molecule has 2 heterocycles. The van der Waals surface area contributed by atoms with Crippen LogP contribution in [0.25, 0.3) is 11.3 Å². The average Bonchev–Trinajstić information content (AvgIpc) is 3.33. The van der Waals surface area contributed by atoms with Gasteiger partial charge in [-0.1, -0.05) is 46.0 Å². The summed E-state index contributed by atoms with van der Waals surface area (Å²) in [5.41, 5.74) is 1.48. The number of rotatable bonds is 5. The highest BCUT2D eigenvalue weighted by molar-refractivity contribution is 6.42. The highest BCUT2D eigenvalue weighted by atomic mass is 35.5. The maximum Gasteiger partial charge on any atom is 0.279 e. The third-order valence-corrected chi connectivity index (χ3v) is 5.16. The maximum atomic E-state index is 13.0. The lowest BCUT2D eigenvalue weighted by Crippen LogP contribution is -2.13. The summed E-state index contributed by atoms with van der Waals surface area (Å²) in [6, 6.07) is 12.3. The number of benzene rings is 2. The Bertz CT molecular complexity index is 1220. The molecule has 0 aliphatic carbocycles. The van der Waals surface area contributed by atoms with Gasteiger partial charge in [-0.3, -0.25) is 9.48 Å². The van der Waals surface area contributed by atoms with Crippen LogP contribution in [-0.2, 0) is 6.54 Å². The zero-order valence-corrected chi connectivity index (χ0v) is 17.3. The molecule has 6 nitrogen and oxygen atoms in total. The molecule has 30 heavy (non-hydrogen) atoms. The molecule has 0 saturated carbocycles. The van der Waals surface area contributed by atoms with Gasteiger partial charge in [0.1, 0.15) is 10.8 Å². The molecule has 1 N–H and O–H groups in total. The molecule has 0 saturated heterocycles. The number of halogens is 4. The van der Waals surface area contributed by atoms with Crippen LogP contribution in [-0.4, -0.2) is 20.8 Å². The second-order valence-electron chi connectivity index (χ2n) is 6.31. The van der Waals surface area contributed by atoms with Crippen molar-refractivity contribution in [1.29, 1.82) is 0 Å². The molecule has 10 heteroatoms. The second kappa shape index (κ2) is 8.47. The van der Waals surface area contributed by atoms with E-state index < -0.39 is 5.91 Å². The summed E-state index contributed by atoms with van der Waals surface area (Å²) in [5.74, 6) is -0.416. The quantitative estimate of drug-likeness (QED) is 0.396. The van der Waals surface area contributed by atoms with Crippen LogP contribution >= 0.6 is 34.8 Å². The summed E-state index contributed by atoms with van der Waals surface area (Å²) in [5, 5.41) is 11.8. The van der Waals surface area contributed by atoms with Crippen molar-refractivity contribution in [2.75, 3.05) is 5.32 Å². The van der Waals surface area contributed by atoms with Crippen LogP contribution < -0.4 is 5.32 Å². The normalized spacial score (nSPS) is 10.9. The fraction of sp³-hybridized carbons (Fsp3) is 0.0500. The van der Waals surface area contributed by atoms with Gasteiger partial charge in [0.25, 0.3) is 5.91 Å². The van der Waals surface area contributed by atoms with Gasteiger partial charge in [-0.2, -0.15) is 5.10 Å². The van der Waals surface area contributed by atoms with Gasteiger partial charge in [-0.05, 0) is 42.0 Å². The first-order valence-electron chi connectivity index (χ1n) is 8.60. The Morgan fingerprint density at radius 3 is 2.53 bits per heavy atom. The number of carbonyl (C=O) groups excluding carboxylic acids is 1. The monoisotopic (exact) mass is 464 g/mol. The molecule has 152 valence electrons. The number of amides is 1. The fourth-order valence-electron chi connectivity index (χ4n) is 2.69. The molecule has 0 radical (unpaired) electrons. The van der Waals surface area contributed by atoms with Crippen molar-refractivity contribution < 1.29 is 13.7 Å². The molecule has 0 fully saturated rings. The first kappa shape index (κ1) is 20.4. The zero-order valence-electron chi connectivity index (χ0n) is 15.1. The molecular formula is C20H12Cl3FN4O2. The van der Waals surface area contributed by atoms with Crippen molar-refractivity contribution in [3.8, 4) is 11.3 Å². The van der Waals surface area contributed by atoms with Crippen LogP contribution in [0.15, 0.2) is 59.3 Å². The Labute approximate surface area is 185 Å². The number of hydrogen-bond donors (Lipinski definition) is 1. The molecule has 2 aromatic heterocycles. The second-order valence-corrected chi connectivity index (χ2v) is 7.53. The zero-order chi connectivity index (χ0) is 21.3. The Morgan fingerprint density at radius 2 is 1.80 bits per heavy atom. The van der Waals surface area contributed by atoms with Gasteiger partial charge >= 0.3 is 0 Å². The minimum absolute atomic E-state index is 0.0319. The highest BCUT2D eigenvalue weighted by Crippen LogP contribution is 2.25. The number of nitrogens with one attached hydrogen (secondary N) is 1. The molecule has 0 aliphatic rings. The van der Waals surface area contributed by atoms with Crippen LogP contribution in [0.4, 0.5) is 10.2 Å². The van der Waals surface area contributed by atoms with E-state index in [9.17, 15) is 9.18 Å². The largest absolute Gasteiger partial charge is 0.355 e. The molecule has 0 aliphatic heterocycles. The third kappa shape index (κ3) is 4.48. The van der Waals surface area contributed by atoms with E-state index in [1.165, 1.54) is 30.3 Å². The molecule has 4 aromatic rings. The molecule has 4 rings (SSSR count). The first-order chi connectivity index (χ1) is 14.4. The van der Waals surface area contributed by atoms with E-state index in [0.29, 0.717) is 27.9 Å². The van der Waals surface area contributed by atoms with Crippen LogP contribution in [0, 0.1) is 5.82 Å². The van der Waals surface area contributed by atoms with Crippen molar-refractivity contribution in [1.82, 2.24) is 14.9 Å². The van der Waals surface area contributed by atoms with Crippen LogP contribution in [0.5, 0.6) is 0 Å². The number of hydrogen-bond acceptors (Lipinski definition) is 4. The standard InChI is InChI=1S/C20H12Cl3FN4O2/c21-14-6-1-11(7-15(14)22)9-28-10-16(23)19(26-28)25-20(29)17-8-18(30-27-17)12-2-4-13(24)5-3-12/h1-8,10H,9H2,(H,25,26,29). The smallest absolute Gasteiger partial charge is 0.279 e. The van der Waals surface area contributed by atoms with Crippen LogP contribution in [0.2, 0.25) is 15.1 Å². The number of carbonyl (C=O) groups is 1. The van der Waals surface area contributed by atoms with Gasteiger partial charge in [0, 0.05) is 17.8 Å². The Morgan fingerprint density at radius 1 is 1.03 bits per heavy atom. The van der Waals surface area contributed by atoms with Gasteiger partial charge in [-0.25, -0.2) is 4.39 Å². The van der Waals surface area contributed by atoms with E-state index in [1.807, 2.05) is 6.07 Å². The van der Waals surface area contributed by atoms with E-state index in [-0.39, 0.29) is 22.4 Å². The lowest BCUT2D eigenvalue weighted by molar-refractivity contribution is 0.101. The Kier molecular flexibility index (Phi) is 5.76. The van der Waals surface area contributed by atoms with Crippen molar-refractivity contribution >= 4 is 46.5 Å². The van der Waals surface area contributed by atoms with Crippen molar-refractivity contribution in [2.24, 2.45) is 0 Å². The van der Waals surface area contributed by atoms with Crippen LogP contribution in [0.3, 0.4) is 0 Å². The summed E-state index contributed by atoms with van der Waals surface area (Å²) < 4.78 is 19.8. The molecular weight excluding hydrogens is 454 g/mol. The van der Waals surface area contributed by atoms with Gasteiger partial charge < -0.3 is 9.84 Å². The minimum Gasteiger partial charge on any atom is -0.355 e. The topological polar surface area (TPSA) is 73.0 Å². The SMILES string of the molecule is O=C(Nc1nn(Cc2ccc(Cl)c(Cl)c2)cc1Cl)c1cc(-c2ccc(F)cc2)on1. The molecule has 0 atom stereocenters. The van der Waals surface area contributed by atoms with Crippen molar-refractivity contribution in [3.05, 3.63) is 86.9 Å². The maximum absolute atomic E-state index is 13.0. The van der Waals surface area contributed by atoms with E-state index in [4.69, 9.17) is 39.3 Å². The average molecular weight is 466 g/mol. The van der Waals surface area contributed by atoms with Crippen molar-refractivity contribution in [3.63, 3.8) is 0 Å². The third-order valence-electron chi connectivity index (χ3n) is 4.15. The molecule has 0 unspecified atom stereocenters. The first-order valence-corrected chi connectivity index (χ1v) is 9.73. The summed E-state index contributed by atoms with van der Waals surface area (Å²) in [7, 11) is 0. The summed E-state index contributed by atoms with van der Waals surface area (Å²) >= 11 is 18.1. The highest BCUT2D eigenvalue weighted by Gasteiger charge is 2.17. The van der Waals surface area contributed by atoms with E-state index >= 15 is 0 Å². The fourth-order valence-corrected chi connectivity index (χ4v) is 3.21. The summed E-state index contributed by atoms with van der Waals surface area (Å²) in [4.78, 5) is 12.5. The summed E-state index contributed by atoms with van der Waals surface area (Å²) in [6.07, 6.45) is 1.58. The van der Waals surface area contributed by atoms with Crippen molar-refractivity contribution in [2.45, 2.75) is 6.54 Å². The Hall–Kier alpha value is -2.87. The summed E-state index contributed by atoms with van der Waals surface area (Å²) in [6.45, 7) is 0.380.